The Labute approximate surface area is 181 Å². The van der Waals surface area contributed by atoms with Gasteiger partial charge < -0.3 is 0 Å². The van der Waals surface area contributed by atoms with Gasteiger partial charge in [-0.05, 0) is 38.5 Å². The molecule has 0 saturated heterocycles. The highest BCUT2D eigenvalue weighted by molar-refractivity contribution is 7.90. The standard InChI is InChI=1S/C13H25ClN2O10S4/c1-27(17,18)16-13-7-9(2-3-12(13)14)28(19,20)15-8-4-10(29(21,22)23)6-11(5-8)30(24,25)26/h8-13,15-16H,2-7H2,1H3,(H,21,22,23)(H,24,25,26). The van der Waals surface area contributed by atoms with Crippen molar-refractivity contribution in [3.8, 4) is 0 Å². The summed E-state index contributed by atoms with van der Waals surface area (Å²) < 4.78 is 118. The minimum atomic E-state index is -4.67. The Morgan fingerprint density at radius 1 is 0.733 bits per heavy atom. The molecule has 0 aromatic heterocycles. The maximum absolute atomic E-state index is 12.8. The summed E-state index contributed by atoms with van der Waals surface area (Å²) in [5.74, 6) is 0. The summed E-state index contributed by atoms with van der Waals surface area (Å²) in [4.78, 5) is 0. The molecule has 4 N–H and O–H groups in total. The zero-order valence-corrected chi connectivity index (χ0v) is 19.9. The van der Waals surface area contributed by atoms with Gasteiger partial charge in [-0.1, -0.05) is 0 Å². The Hall–Kier alpha value is -0.0700. The van der Waals surface area contributed by atoms with Gasteiger partial charge in [0.1, 0.15) is 0 Å². The average Bonchev–Trinajstić information content (AvgIpc) is 2.53. The molecule has 5 unspecified atom stereocenters. The third-order valence-electron chi connectivity index (χ3n) is 5.32. The molecule has 5 atom stereocenters. The molecule has 2 aliphatic carbocycles. The Morgan fingerprint density at radius 2 is 1.23 bits per heavy atom. The fourth-order valence-corrected chi connectivity index (χ4v) is 8.86. The Bertz CT molecular complexity index is 1020. The summed E-state index contributed by atoms with van der Waals surface area (Å²) in [6, 6.07) is -2.00. The maximum Gasteiger partial charge on any atom is 0.267 e. The molecular weight excluding hydrogens is 508 g/mol. The number of nitrogens with one attached hydrogen (secondary N) is 2. The fraction of sp³-hybridized carbons (Fsp3) is 1.00. The molecule has 178 valence electrons. The molecule has 0 amide bonds. The van der Waals surface area contributed by atoms with E-state index in [0.717, 1.165) is 6.26 Å². The van der Waals surface area contributed by atoms with Crippen LogP contribution in [0.5, 0.6) is 0 Å². The molecule has 0 aromatic rings. The van der Waals surface area contributed by atoms with Crippen LogP contribution in [0.3, 0.4) is 0 Å². The molecular formula is C13H25ClN2O10S4. The number of rotatable bonds is 7. The number of alkyl halides is 1. The highest BCUT2D eigenvalue weighted by atomic mass is 35.5. The number of sulfonamides is 2. The molecule has 12 nitrogen and oxygen atoms in total. The van der Waals surface area contributed by atoms with E-state index in [1.807, 2.05) is 0 Å². The summed E-state index contributed by atoms with van der Waals surface area (Å²) in [7, 11) is -17.1. The molecule has 2 fully saturated rings. The summed E-state index contributed by atoms with van der Waals surface area (Å²) in [6.07, 6.45) is -0.214. The van der Waals surface area contributed by atoms with E-state index in [-0.39, 0.29) is 32.1 Å². The number of hydrogen-bond acceptors (Lipinski definition) is 8. The summed E-state index contributed by atoms with van der Waals surface area (Å²) in [6.45, 7) is 0. The van der Waals surface area contributed by atoms with E-state index in [1.54, 1.807) is 0 Å². The maximum atomic E-state index is 12.8. The second kappa shape index (κ2) is 9.05. The SMILES string of the molecule is CS(=O)(=O)NC1CC(S(=O)(=O)NC2CC(S(=O)(=O)O)CC(S(=O)(=O)O)C2)CCC1Cl. The third-order valence-corrected chi connectivity index (χ3v) is 11.0. The molecule has 2 saturated carbocycles. The smallest absolute Gasteiger partial charge is 0.267 e. The quantitative estimate of drug-likeness (QED) is 0.234. The molecule has 0 spiro atoms. The Kier molecular flexibility index (Phi) is 7.90. The van der Waals surface area contributed by atoms with E-state index in [2.05, 4.69) is 9.44 Å². The zero-order chi connectivity index (χ0) is 23.1. The van der Waals surface area contributed by atoms with Crippen molar-refractivity contribution in [2.75, 3.05) is 6.26 Å². The first-order chi connectivity index (χ1) is 13.4. The lowest BCUT2D eigenvalue weighted by Crippen LogP contribution is -2.53. The van der Waals surface area contributed by atoms with Gasteiger partial charge in [0.15, 0.2) is 0 Å². The number of hydrogen-bond donors (Lipinski definition) is 4. The van der Waals surface area contributed by atoms with Crippen LogP contribution in [-0.2, 0) is 40.3 Å². The van der Waals surface area contributed by atoms with Gasteiger partial charge in [0.05, 0.1) is 27.4 Å². The lowest BCUT2D eigenvalue weighted by molar-refractivity contribution is 0.360. The molecule has 17 heteroatoms. The summed E-state index contributed by atoms with van der Waals surface area (Å²) in [5, 5.41) is -4.80. The van der Waals surface area contributed by atoms with Crippen LogP contribution in [0.2, 0.25) is 0 Å². The van der Waals surface area contributed by atoms with Gasteiger partial charge in [-0.15, -0.1) is 11.6 Å². The van der Waals surface area contributed by atoms with E-state index in [4.69, 9.17) is 11.6 Å². The van der Waals surface area contributed by atoms with Crippen LogP contribution in [0.25, 0.3) is 0 Å². The Balaban J connectivity index is 2.19. The van der Waals surface area contributed by atoms with Crippen molar-refractivity contribution >= 4 is 51.9 Å². The van der Waals surface area contributed by atoms with Crippen molar-refractivity contribution in [1.29, 1.82) is 0 Å². The summed E-state index contributed by atoms with van der Waals surface area (Å²) in [5.41, 5.74) is 0. The van der Waals surface area contributed by atoms with Crippen molar-refractivity contribution in [1.82, 2.24) is 9.44 Å². The topological polar surface area (TPSA) is 201 Å². The molecule has 0 radical (unpaired) electrons. The van der Waals surface area contributed by atoms with Crippen LogP contribution in [0.4, 0.5) is 0 Å². The van der Waals surface area contributed by atoms with Crippen molar-refractivity contribution < 1.29 is 42.8 Å². The van der Waals surface area contributed by atoms with Gasteiger partial charge in [-0.2, -0.15) is 16.8 Å². The summed E-state index contributed by atoms with van der Waals surface area (Å²) >= 11 is 6.10. The first-order valence-corrected chi connectivity index (χ1v) is 15.8. The third kappa shape index (κ3) is 7.23. The van der Waals surface area contributed by atoms with Gasteiger partial charge in [0.25, 0.3) is 20.2 Å². The van der Waals surface area contributed by atoms with Crippen molar-refractivity contribution in [3.05, 3.63) is 0 Å². The monoisotopic (exact) mass is 532 g/mol. The average molecular weight is 533 g/mol. The van der Waals surface area contributed by atoms with E-state index in [0.29, 0.717) is 0 Å². The second-order valence-electron chi connectivity index (χ2n) is 7.79. The first kappa shape index (κ1) is 26.2. The van der Waals surface area contributed by atoms with Crippen LogP contribution in [-0.4, -0.2) is 82.2 Å². The van der Waals surface area contributed by atoms with Gasteiger partial charge in [0.2, 0.25) is 20.0 Å². The van der Waals surface area contributed by atoms with Crippen LogP contribution in [0, 0.1) is 0 Å². The van der Waals surface area contributed by atoms with E-state index in [1.165, 1.54) is 0 Å². The normalized spacial score (nSPS) is 34.5. The largest absolute Gasteiger partial charge is 0.285 e. The van der Waals surface area contributed by atoms with Crippen LogP contribution in [0.1, 0.15) is 38.5 Å². The predicted octanol–water partition coefficient (Wildman–Crippen LogP) is -0.951. The molecule has 30 heavy (non-hydrogen) atoms. The predicted molar refractivity (Wildman–Crippen MR) is 109 cm³/mol. The molecule has 0 heterocycles. The fourth-order valence-electron chi connectivity index (χ4n) is 3.90. The minimum absolute atomic E-state index is 0.113. The van der Waals surface area contributed by atoms with Crippen LogP contribution in [0.15, 0.2) is 0 Å². The number of halogens is 1. The molecule has 2 aliphatic rings. The van der Waals surface area contributed by atoms with Gasteiger partial charge in [-0.3, -0.25) is 9.11 Å². The molecule has 0 bridgehead atoms. The lowest BCUT2D eigenvalue weighted by Gasteiger charge is -2.36. The van der Waals surface area contributed by atoms with Crippen molar-refractivity contribution in [2.24, 2.45) is 0 Å². The lowest BCUT2D eigenvalue weighted by atomic mass is 9.95. The highest BCUT2D eigenvalue weighted by Gasteiger charge is 2.44. The first-order valence-electron chi connectivity index (χ1n) is 8.93. The van der Waals surface area contributed by atoms with E-state index in [9.17, 15) is 42.8 Å². The van der Waals surface area contributed by atoms with Crippen LogP contribution >= 0.6 is 11.6 Å². The highest BCUT2D eigenvalue weighted by Crippen LogP contribution is 2.31. The molecule has 2 rings (SSSR count). The van der Waals surface area contributed by atoms with Gasteiger partial charge >= 0.3 is 0 Å². The van der Waals surface area contributed by atoms with E-state index >= 15 is 0 Å². The van der Waals surface area contributed by atoms with Crippen LogP contribution < -0.4 is 9.44 Å². The van der Waals surface area contributed by atoms with Crippen molar-refractivity contribution in [2.45, 2.75) is 71.7 Å². The molecule has 0 aliphatic heterocycles. The van der Waals surface area contributed by atoms with Crippen molar-refractivity contribution in [3.63, 3.8) is 0 Å². The minimum Gasteiger partial charge on any atom is -0.285 e. The van der Waals surface area contributed by atoms with E-state index < -0.39 is 79.9 Å². The van der Waals surface area contributed by atoms with Gasteiger partial charge in [-0.25, -0.2) is 26.3 Å². The Morgan fingerprint density at radius 3 is 1.67 bits per heavy atom. The second-order valence-corrected chi connectivity index (χ2v) is 15.5. The zero-order valence-electron chi connectivity index (χ0n) is 15.9. The molecule has 0 aromatic carbocycles. The van der Waals surface area contributed by atoms with Gasteiger partial charge in [0, 0.05) is 12.1 Å².